The van der Waals surface area contributed by atoms with Gasteiger partial charge in [0.1, 0.15) is 0 Å². The Labute approximate surface area is 179 Å². The van der Waals surface area contributed by atoms with Crippen molar-refractivity contribution in [3.63, 3.8) is 0 Å². The first-order valence-corrected chi connectivity index (χ1v) is 12.4. The van der Waals surface area contributed by atoms with Crippen LogP contribution in [0, 0.1) is 0 Å². The van der Waals surface area contributed by atoms with Crippen molar-refractivity contribution in [3.8, 4) is 0 Å². The maximum Gasteiger partial charge on any atom is 0.249 e. The summed E-state index contributed by atoms with van der Waals surface area (Å²) in [6.45, 7) is 4.92. The van der Waals surface area contributed by atoms with Crippen LogP contribution < -0.4 is 4.80 Å². The van der Waals surface area contributed by atoms with Crippen LogP contribution >= 0.6 is 22.9 Å². The third kappa shape index (κ3) is 5.15. The molecule has 0 N–H and O–H groups in total. The van der Waals surface area contributed by atoms with E-state index in [9.17, 15) is 13.2 Å². The molecule has 1 aromatic heterocycles. The van der Waals surface area contributed by atoms with Gasteiger partial charge in [0, 0.05) is 18.0 Å². The average molecular weight is 451 g/mol. The van der Waals surface area contributed by atoms with Crippen LogP contribution in [0.1, 0.15) is 32.3 Å². The van der Waals surface area contributed by atoms with Crippen molar-refractivity contribution in [3.05, 3.63) is 57.9 Å². The normalized spacial score (nSPS) is 12.6. The van der Waals surface area contributed by atoms with Crippen molar-refractivity contribution in [2.24, 2.45) is 4.99 Å². The third-order valence-corrected chi connectivity index (χ3v) is 7.61. The van der Waals surface area contributed by atoms with Gasteiger partial charge in [-0.05, 0) is 54.8 Å². The van der Waals surface area contributed by atoms with Gasteiger partial charge in [0.15, 0.2) is 14.6 Å². The van der Waals surface area contributed by atoms with E-state index in [0.717, 1.165) is 29.6 Å². The molecule has 1 amide bonds. The molecule has 3 rings (SSSR count). The van der Waals surface area contributed by atoms with Gasteiger partial charge in [-0.15, -0.1) is 0 Å². The summed E-state index contributed by atoms with van der Waals surface area (Å²) in [4.78, 5) is 17.5. The fraction of sp³-hybridized carbons (Fsp3) is 0.333. The topological polar surface area (TPSA) is 68.5 Å². The summed E-state index contributed by atoms with van der Waals surface area (Å²) in [6, 6.07) is 12.2. The fourth-order valence-corrected chi connectivity index (χ4v) is 5.50. The Morgan fingerprint density at radius 3 is 2.52 bits per heavy atom. The lowest BCUT2D eigenvalue weighted by Gasteiger charge is -2.04. The quantitative estimate of drug-likeness (QED) is 0.527. The van der Waals surface area contributed by atoms with Crippen molar-refractivity contribution >= 4 is 48.9 Å². The summed E-state index contributed by atoms with van der Waals surface area (Å²) >= 11 is 7.27. The van der Waals surface area contributed by atoms with E-state index in [2.05, 4.69) is 37.0 Å². The fourth-order valence-electron chi connectivity index (χ4n) is 3.01. The number of carbonyl (C=O) groups is 1. The van der Waals surface area contributed by atoms with E-state index in [4.69, 9.17) is 11.6 Å². The summed E-state index contributed by atoms with van der Waals surface area (Å²) in [5.74, 6) is -0.718. The first-order chi connectivity index (χ1) is 13.8. The zero-order valence-electron chi connectivity index (χ0n) is 16.4. The number of aromatic nitrogens is 1. The zero-order valence-corrected chi connectivity index (χ0v) is 18.8. The molecule has 0 bridgehead atoms. The number of hydrogen-bond donors (Lipinski definition) is 0. The molecule has 154 valence electrons. The highest BCUT2D eigenvalue weighted by Crippen LogP contribution is 2.20. The zero-order chi connectivity index (χ0) is 21.0. The van der Waals surface area contributed by atoms with Gasteiger partial charge < -0.3 is 4.57 Å². The number of benzene rings is 2. The number of sulfone groups is 1. The number of aryl methyl sites for hydroxylation is 2. The number of carbonyl (C=O) groups excluding carboxylic acids is 1. The molecule has 0 saturated heterocycles. The molecule has 29 heavy (non-hydrogen) atoms. The maximum atomic E-state index is 12.4. The number of hydrogen-bond acceptors (Lipinski definition) is 4. The second-order valence-electron chi connectivity index (χ2n) is 6.72. The molecule has 3 aromatic rings. The van der Waals surface area contributed by atoms with Crippen LogP contribution in [-0.4, -0.2) is 24.6 Å². The van der Waals surface area contributed by atoms with Gasteiger partial charge in [-0.25, -0.2) is 8.42 Å². The SMILES string of the molecule is CCCn1c(=NC(=O)CCS(=O)(=O)c2ccc(Cl)cc2)sc2cc(CC)ccc21. The summed E-state index contributed by atoms with van der Waals surface area (Å²) in [5.41, 5.74) is 2.28. The van der Waals surface area contributed by atoms with Crippen molar-refractivity contribution in [1.29, 1.82) is 0 Å². The average Bonchev–Trinajstić information content (AvgIpc) is 3.03. The summed E-state index contributed by atoms with van der Waals surface area (Å²) in [6.07, 6.45) is 1.69. The first-order valence-electron chi connectivity index (χ1n) is 9.52. The van der Waals surface area contributed by atoms with Crippen molar-refractivity contribution in [2.45, 2.75) is 44.6 Å². The highest BCUT2D eigenvalue weighted by Gasteiger charge is 2.17. The lowest BCUT2D eigenvalue weighted by Crippen LogP contribution is -2.18. The largest absolute Gasteiger partial charge is 0.316 e. The predicted molar refractivity (Wildman–Crippen MR) is 118 cm³/mol. The van der Waals surface area contributed by atoms with Crippen LogP contribution in [0.3, 0.4) is 0 Å². The van der Waals surface area contributed by atoms with E-state index in [-0.39, 0.29) is 17.1 Å². The van der Waals surface area contributed by atoms with Crippen LogP contribution in [0.4, 0.5) is 0 Å². The molecular formula is C21H23ClN2O3S2. The predicted octanol–water partition coefficient (Wildman–Crippen LogP) is 4.62. The highest BCUT2D eigenvalue weighted by molar-refractivity contribution is 7.91. The molecule has 8 heteroatoms. The van der Waals surface area contributed by atoms with Crippen LogP contribution in [0.25, 0.3) is 10.2 Å². The van der Waals surface area contributed by atoms with Gasteiger partial charge in [-0.3, -0.25) is 4.79 Å². The second kappa shape index (κ2) is 9.24. The third-order valence-electron chi connectivity index (χ3n) is 4.58. The Bertz CT molecular complexity index is 1190. The van der Waals surface area contributed by atoms with E-state index in [1.54, 1.807) is 0 Å². The minimum atomic E-state index is -3.56. The van der Waals surface area contributed by atoms with Crippen molar-refractivity contribution in [2.75, 3.05) is 5.75 Å². The Balaban J connectivity index is 1.85. The molecule has 0 aliphatic rings. The molecule has 0 atom stereocenters. The molecule has 0 aliphatic carbocycles. The van der Waals surface area contributed by atoms with Crippen molar-refractivity contribution < 1.29 is 13.2 Å². The van der Waals surface area contributed by atoms with Crippen molar-refractivity contribution in [1.82, 2.24) is 4.57 Å². The number of rotatable bonds is 7. The summed E-state index contributed by atoms with van der Waals surface area (Å²) < 4.78 is 28.0. The summed E-state index contributed by atoms with van der Waals surface area (Å²) in [7, 11) is -3.56. The molecule has 0 spiro atoms. The number of halogens is 1. The molecule has 0 unspecified atom stereocenters. The second-order valence-corrected chi connectivity index (χ2v) is 10.3. The van der Waals surface area contributed by atoms with Gasteiger partial charge in [-0.2, -0.15) is 4.99 Å². The van der Waals surface area contributed by atoms with E-state index in [0.29, 0.717) is 9.82 Å². The Morgan fingerprint density at radius 1 is 1.14 bits per heavy atom. The van der Waals surface area contributed by atoms with Crippen LogP contribution in [-0.2, 0) is 27.6 Å². The monoisotopic (exact) mass is 450 g/mol. The van der Waals surface area contributed by atoms with E-state index >= 15 is 0 Å². The molecule has 2 aromatic carbocycles. The number of thiazole rings is 1. The molecule has 0 radical (unpaired) electrons. The molecule has 0 aliphatic heterocycles. The van der Waals surface area contributed by atoms with E-state index in [1.165, 1.54) is 41.2 Å². The van der Waals surface area contributed by atoms with Gasteiger partial charge in [0.05, 0.1) is 20.9 Å². The van der Waals surface area contributed by atoms with Crippen LogP contribution in [0.2, 0.25) is 5.02 Å². The molecule has 1 heterocycles. The van der Waals surface area contributed by atoms with Crippen LogP contribution in [0.15, 0.2) is 52.4 Å². The lowest BCUT2D eigenvalue weighted by molar-refractivity contribution is -0.117. The Morgan fingerprint density at radius 2 is 1.86 bits per heavy atom. The number of fused-ring (bicyclic) bond motifs is 1. The molecule has 5 nitrogen and oxygen atoms in total. The molecular weight excluding hydrogens is 428 g/mol. The van der Waals surface area contributed by atoms with Gasteiger partial charge >= 0.3 is 0 Å². The Kier molecular flexibility index (Phi) is 6.93. The number of nitrogens with zero attached hydrogens (tertiary/aromatic N) is 2. The Hall–Kier alpha value is -1.96. The standard InChI is InChI=1S/C21H23ClN2O3S2/c1-3-12-24-18-10-5-15(4-2)14-19(18)28-21(24)23-20(25)11-13-29(26,27)17-8-6-16(22)7-9-17/h5-10,14H,3-4,11-13H2,1-2H3. The highest BCUT2D eigenvalue weighted by atomic mass is 35.5. The summed E-state index contributed by atoms with van der Waals surface area (Å²) in [5, 5.41) is 0.464. The van der Waals surface area contributed by atoms with Gasteiger partial charge in [0.25, 0.3) is 0 Å². The van der Waals surface area contributed by atoms with E-state index < -0.39 is 15.7 Å². The first kappa shape index (κ1) is 21.7. The van der Waals surface area contributed by atoms with Gasteiger partial charge in [0.2, 0.25) is 5.91 Å². The van der Waals surface area contributed by atoms with Gasteiger partial charge in [-0.1, -0.05) is 42.9 Å². The molecule has 0 saturated carbocycles. The smallest absolute Gasteiger partial charge is 0.249 e. The molecule has 0 fully saturated rings. The lowest BCUT2D eigenvalue weighted by atomic mass is 10.2. The minimum absolute atomic E-state index is 0.157. The maximum absolute atomic E-state index is 12.4. The number of amides is 1. The van der Waals surface area contributed by atoms with E-state index in [1.807, 2.05) is 4.57 Å². The minimum Gasteiger partial charge on any atom is -0.316 e. The van der Waals surface area contributed by atoms with Crippen LogP contribution in [0.5, 0.6) is 0 Å².